The zero-order valence-electron chi connectivity index (χ0n) is 12.2. The highest BCUT2D eigenvalue weighted by molar-refractivity contribution is 7.90. The van der Waals surface area contributed by atoms with Crippen molar-refractivity contribution < 1.29 is 8.42 Å². The Morgan fingerprint density at radius 1 is 1.29 bits per heavy atom. The van der Waals surface area contributed by atoms with E-state index in [2.05, 4.69) is 10.0 Å². The molecule has 3 rings (SSSR count). The van der Waals surface area contributed by atoms with Gasteiger partial charge in [0, 0.05) is 33.6 Å². The first-order chi connectivity index (χ1) is 9.97. The minimum atomic E-state index is -3.48. The minimum Gasteiger partial charge on any atom is -0.309 e. The van der Waals surface area contributed by atoms with E-state index in [0.717, 1.165) is 15.0 Å². The molecule has 6 heteroatoms. The third-order valence-corrected chi connectivity index (χ3v) is 6.49. The van der Waals surface area contributed by atoms with Crippen molar-refractivity contribution in [3.63, 3.8) is 0 Å². The molecule has 1 aromatic carbocycles. The van der Waals surface area contributed by atoms with E-state index in [1.807, 2.05) is 38.1 Å². The number of fused-ring (bicyclic) bond motifs is 1. The summed E-state index contributed by atoms with van der Waals surface area (Å²) < 4.78 is 29.1. The summed E-state index contributed by atoms with van der Waals surface area (Å²) >= 11 is 1.57. The second-order valence-corrected chi connectivity index (χ2v) is 8.57. The lowest BCUT2D eigenvalue weighted by molar-refractivity contribution is 0.569. The van der Waals surface area contributed by atoms with Crippen LogP contribution < -0.4 is 10.0 Å². The molecule has 0 amide bonds. The van der Waals surface area contributed by atoms with E-state index in [1.165, 1.54) is 12.8 Å². The van der Waals surface area contributed by atoms with E-state index in [4.69, 9.17) is 0 Å². The Hall–Kier alpha value is -0.950. The zero-order valence-corrected chi connectivity index (χ0v) is 13.9. The fraction of sp³-hybridized carbons (Fsp3) is 0.467. The first kappa shape index (κ1) is 15.0. The van der Waals surface area contributed by atoms with Gasteiger partial charge in [-0.1, -0.05) is 18.2 Å². The van der Waals surface area contributed by atoms with E-state index >= 15 is 0 Å². The molecule has 1 heterocycles. The molecule has 0 unspecified atom stereocenters. The van der Waals surface area contributed by atoms with E-state index in [-0.39, 0.29) is 6.04 Å². The maximum atomic E-state index is 12.7. The molecule has 2 aromatic rings. The highest BCUT2D eigenvalue weighted by Gasteiger charge is 2.27. The Labute approximate surface area is 129 Å². The fourth-order valence-electron chi connectivity index (χ4n) is 2.38. The molecular formula is C15H20N2O2S2. The van der Waals surface area contributed by atoms with Crippen LogP contribution in [0.15, 0.2) is 29.2 Å². The first-order valence-electron chi connectivity index (χ1n) is 7.23. The van der Waals surface area contributed by atoms with Crippen LogP contribution in [0.1, 0.15) is 31.6 Å². The molecule has 0 radical (unpaired) electrons. The SMILES string of the molecule is CC(C)NS(=O)(=O)c1c(CNC2CC2)sc2ccccc12. The van der Waals surface area contributed by atoms with Crippen LogP contribution in [0.2, 0.25) is 0 Å². The van der Waals surface area contributed by atoms with Crippen molar-refractivity contribution in [3.8, 4) is 0 Å². The van der Waals surface area contributed by atoms with Gasteiger partial charge in [0.2, 0.25) is 10.0 Å². The Balaban J connectivity index is 2.05. The van der Waals surface area contributed by atoms with Gasteiger partial charge in [0.05, 0.1) is 0 Å². The molecule has 0 saturated heterocycles. The van der Waals surface area contributed by atoms with Gasteiger partial charge in [0.1, 0.15) is 4.90 Å². The van der Waals surface area contributed by atoms with Gasteiger partial charge in [-0.25, -0.2) is 13.1 Å². The molecule has 1 saturated carbocycles. The molecule has 1 aliphatic carbocycles. The standard InChI is InChI=1S/C15H20N2O2S2/c1-10(2)17-21(18,19)15-12-5-3-4-6-13(12)20-14(15)9-16-11-7-8-11/h3-6,10-11,16-17H,7-9H2,1-2H3. The van der Waals surface area contributed by atoms with Crippen LogP contribution in [-0.4, -0.2) is 20.5 Å². The molecule has 0 spiro atoms. The van der Waals surface area contributed by atoms with Crippen LogP contribution in [-0.2, 0) is 16.6 Å². The van der Waals surface area contributed by atoms with Gasteiger partial charge in [-0.2, -0.15) is 0 Å². The second-order valence-electron chi connectivity index (χ2n) is 5.78. The quantitative estimate of drug-likeness (QED) is 0.859. The number of thiophene rings is 1. The summed E-state index contributed by atoms with van der Waals surface area (Å²) in [7, 11) is -3.48. The lowest BCUT2D eigenvalue weighted by Gasteiger charge is -2.11. The third kappa shape index (κ3) is 3.29. The highest BCUT2D eigenvalue weighted by atomic mass is 32.2. The number of rotatable bonds is 6. The summed E-state index contributed by atoms with van der Waals surface area (Å²) in [5.41, 5.74) is 0. The van der Waals surface area contributed by atoms with Crippen molar-refractivity contribution in [2.24, 2.45) is 0 Å². The normalized spacial score (nSPS) is 16.0. The zero-order chi connectivity index (χ0) is 15.0. The van der Waals surface area contributed by atoms with Crippen LogP contribution in [0, 0.1) is 0 Å². The first-order valence-corrected chi connectivity index (χ1v) is 9.53. The van der Waals surface area contributed by atoms with Gasteiger partial charge >= 0.3 is 0 Å². The average Bonchev–Trinajstić information content (AvgIpc) is 3.13. The smallest absolute Gasteiger partial charge is 0.242 e. The Kier molecular flexibility index (Phi) is 4.05. The van der Waals surface area contributed by atoms with Crippen molar-refractivity contribution >= 4 is 31.4 Å². The fourth-order valence-corrected chi connectivity index (χ4v) is 5.52. The predicted molar refractivity (Wildman–Crippen MR) is 87.1 cm³/mol. The summed E-state index contributed by atoms with van der Waals surface area (Å²) in [5.74, 6) is 0. The Morgan fingerprint density at radius 3 is 2.67 bits per heavy atom. The van der Waals surface area contributed by atoms with Crippen molar-refractivity contribution in [3.05, 3.63) is 29.1 Å². The molecule has 21 heavy (non-hydrogen) atoms. The number of benzene rings is 1. The second kappa shape index (κ2) is 5.68. The van der Waals surface area contributed by atoms with Gasteiger partial charge in [-0.3, -0.25) is 0 Å². The molecule has 1 fully saturated rings. The molecule has 4 nitrogen and oxygen atoms in total. The summed E-state index contributed by atoms with van der Waals surface area (Å²) in [4.78, 5) is 1.35. The highest BCUT2D eigenvalue weighted by Crippen LogP contribution is 2.35. The van der Waals surface area contributed by atoms with E-state index in [1.54, 1.807) is 11.3 Å². The maximum Gasteiger partial charge on any atom is 0.242 e. The molecule has 2 N–H and O–H groups in total. The van der Waals surface area contributed by atoms with Crippen LogP contribution in [0.25, 0.3) is 10.1 Å². The summed E-state index contributed by atoms with van der Waals surface area (Å²) in [6, 6.07) is 8.16. The monoisotopic (exact) mass is 324 g/mol. The van der Waals surface area contributed by atoms with Gasteiger partial charge in [0.15, 0.2) is 0 Å². The van der Waals surface area contributed by atoms with Crippen LogP contribution in [0.3, 0.4) is 0 Å². The van der Waals surface area contributed by atoms with E-state index < -0.39 is 10.0 Å². The molecule has 0 bridgehead atoms. The number of nitrogens with one attached hydrogen (secondary N) is 2. The lowest BCUT2D eigenvalue weighted by Crippen LogP contribution is -2.31. The van der Waals surface area contributed by atoms with Crippen LogP contribution >= 0.6 is 11.3 Å². The number of sulfonamides is 1. The molecule has 1 aliphatic rings. The van der Waals surface area contributed by atoms with Crippen LogP contribution in [0.5, 0.6) is 0 Å². The van der Waals surface area contributed by atoms with Gasteiger partial charge in [-0.15, -0.1) is 11.3 Å². The summed E-state index contributed by atoms with van der Waals surface area (Å²) in [6.07, 6.45) is 2.38. The average molecular weight is 324 g/mol. The topological polar surface area (TPSA) is 58.2 Å². The van der Waals surface area contributed by atoms with E-state index in [0.29, 0.717) is 17.5 Å². The number of hydrogen-bond donors (Lipinski definition) is 2. The Morgan fingerprint density at radius 2 is 2.00 bits per heavy atom. The van der Waals surface area contributed by atoms with Crippen molar-refractivity contribution in [2.75, 3.05) is 0 Å². The predicted octanol–water partition coefficient (Wildman–Crippen LogP) is 2.84. The molecule has 1 aromatic heterocycles. The summed E-state index contributed by atoms with van der Waals surface area (Å²) in [5, 5.41) is 4.24. The van der Waals surface area contributed by atoms with E-state index in [9.17, 15) is 8.42 Å². The summed E-state index contributed by atoms with van der Waals surface area (Å²) in [6.45, 7) is 4.31. The largest absolute Gasteiger partial charge is 0.309 e. The minimum absolute atomic E-state index is 0.113. The lowest BCUT2D eigenvalue weighted by atomic mass is 10.2. The maximum absolute atomic E-state index is 12.7. The molecule has 0 atom stereocenters. The van der Waals surface area contributed by atoms with Gasteiger partial charge in [-0.05, 0) is 32.8 Å². The molecule has 0 aliphatic heterocycles. The third-order valence-electron chi connectivity index (χ3n) is 3.41. The van der Waals surface area contributed by atoms with Crippen molar-refractivity contribution in [1.82, 2.24) is 10.0 Å². The van der Waals surface area contributed by atoms with Gasteiger partial charge < -0.3 is 5.32 Å². The van der Waals surface area contributed by atoms with Crippen molar-refractivity contribution in [2.45, 2.75) is 50.2 Å². The van der Waals surface area contributed by atoms with Crippen molar-refractivity contribution in [1.29, 1.82) is 0 Å². The Bertz CT molecular complexity index is 746. The van der Waals surface area contributed by atoms with Gasteiger partial charge in [0.25, 0.3) is 0 Å². The number of hydrogen-bond acceptors (Lipinski definition) is 4. The molecular weight excluding hydrogens is 304 g/mol. The molecule has 114 valence electrons. The van der Waals surface area contributed by atoms with Crippen LogP contribution in [0.4, 0.5) is 0 Å².